The number of ether oxygens (including phenoxy) is 2. The van der Waals surface area contributed by atoms with Crippen LogP contribution in [0.1, 0.15) is 13.8 Å². The highest BCUT2D eigenvalue weighted by molar-refractivity contribution is 5.96. The Morgan fingerprint density at radius 3 is 2.18 bits per heavy atom. The first kappa shape index (κ1) is 11.6. The van der Waals surface area contributed by atoms with Crippen molar-refractivity contribution in [3.63, 3.8) is 0 Å². The van der Waals surface area contributed by atoms with Gasteiger partial charge in [0.2, 0.25) is 5.92 Å². The molecular weight excluding hydrogens is 222 g/mol. The number of aromatic nitrogens is 1. The van der Waals surface area contributed by atoms with E-state index >= 15 is 0 Å². The van der Waals surface area contributed by atoms with Crippen molar-refractivity contribution in [2.24, 2.45) is 5.92 Å². The second-order valence-corrected chi connectivity index (χ2v) is 4.37. The Bertz CT molecular complexity index is 421. The van der Waals surface area contributed by atoms with Gasteiger partial charge in [0.25, 0.3) is 5.79 Å². The molecule has 2 heterocycles. The average molecular weight is 236 g/mol. The Labute approximate surface area is 99.0 Å². The number of hydrogen-bond acceptors (Lipinski definition) is 4. The van der Waals surface area contributed by atoms with E-state index in [1.165, 1.54) is 13.8 Å². The SMILES string of the molecule is CC1(C)OC(=O)C(C[n+]2ccccc2)C(=O)O1. The molecule has 0 aromatic carbocycles. The molecule has 0 bridgehead atoms. The Kier molecular flexibility index (Phi) is 2.83. The van der Waals surface area contributed by atoms with Crippen molar-refractivity contribution in [1.82, 2.24) is 0 Å². The summed E-state index contributed by atoms with van der Waals surface area (Å²) < 4.78 is 11.8. The molecule has 0 atom stereocenters. The molecule has 2 rings (SSSR count). The normalized spacial score (nSPS) is 19.6. The first-order valence-corrected chi connectivity index (χ1v) is 5.38. The summed E-state index contributed by atoms with van der Waals surface area (Å²) in [6.45, 7) is 3.30. The molecule has 1 saturated heterocycles. The minimum Gasteiger partial charge on any atom is -0.422 e. The van der Waals surface area contributed by atoms with Crippen LogP contribution in [0, 0.1) is 5.92 Å². The minimum absolute atomic E-state index is 0.231. The lowest BCUT2D eigenvalue weighted by molar-refractivity contribution is -0.700. The van der Waals surface area contributed by atoms with Crippen molar-refractivity contribution in [2.45, 2.75) is 26.2 Å². The van der Waals surface area contributed by atoms with E-state index < -0.39 is 23.6 Å². The molecule has 0 saturated carbocycles. The summed E-state index contributed by atoms with van der Waals surface area (Å²) in [6, 6.07) is 5.50. The van der Waals surface area contributed by atoms with E-state index in [1.54, 1.807) is 17.0 Å². The lowest BCUT2D eigenvalue weighted by Crippen LogP contribution is -2.51. The quantitative estimate of drug-likeness (QED) is 0.424. The second kappa shape index (κ2) is 4.16. The summed E-state index contributed by atoms with van der Waals surface area (Å²) in [5.41, 5.74) is 0. The molecule has 0 spiro atoms. The van der Waals surface area contributed by atoms with E-state index in [2.05, 4.69) is 0 Å². The van der Waals surface area contributed by atoms with Crippen LogP contribution in [-0.2, 0) is 25.6 Å². The van der Waals surface area contributed by atoms with E-state index in [9.17, 15) is 9.59 Å². The van der Waals surface area contributed by atoms with Gasteiger partial charge in [-0.25, -0.2) is 4.57 Å². The monoisotopic (exact) mass is 236 g/mol. The highest BCUT2D eigenvalue weighted by atomic mass is 16.7. The second-order valence-electron chi connectivity index (χ2n) is 4.37. The molecule has 1 aromatic rings. The van der Waals surface area contributed by atoms with Gasteiger partial charge in [0.05, 0.1) is 0 Å². The molecule has 0 N–H and O–H groups in total. The molecule has 5 heteroatoms. The molecule has 1 aliphatic rings. The number of pyridine rings is 1. The van der Waals surface area contributed by atoms with E-state index in [0.29, 0.717) is 0 Å². The van der Waals surface area contributed by atoms with Gasteiger partial charge in [0, 0.05) is 26.0 Å². The zero-order valence-electron chi connectivity index (χ0n) is 9.75. The number of nitrogens with zero attached hydrogens (tertiary/aromatic N) is 1. The Morgan fingerprint density at radius 1 is 1.12 bits per heavy atom. The highest BCUT2D eigenvalue weighted by Crippen LogP contribution is 2.22. The van der Waals surface area contributed by atoms with Crippen LogP contribution in [0.2, 0.25) is 0 Å². The number of rotatable bonds is 2. The molecular formula is C12H14NO4+. The standard InChI is InChI=1S/C12H14NO4/c1-12(2)16-10(14)9(11(15)17-12)8-13-6-4-3-5-7-13/h3-7,9H,8H2,1-2H3/q+1. The van der Waals surface area contributed by atoms with Gasteiger partial charge < -0.3 is 9.47 Å². The first-order valence-electron chi connectivity index (χ1n) is 5.38. The largest absolute Gasteiger partial charge is 0.422 e. The van der Waals surface area contributed by atoms with Crippen molar-refractivity contribution < 1.29 is 23.6 Å². The molecule has 0 radical (unpaired) electrons. The number of cyclic esters (lactones) is 2. The van der Waals surface area contributed by atoms with E-state index in [0.717, 1.165) is 0 Å². The molecule has 0 aliphatic carbocycles. The van der Waals surface area contributed by atoms with Gasteiger partial charge in [0.15, 0.2) is 18.9 Å². The van der Waals surface area contributed by atoms with Gasteiger partial charge in [0.1, 0.15) is 0 Å². The van der Waals surface area contributed by atoms with Crippen LogP contribution in [0.4, 0.5) is 0 Å². The predicted octanol–water partition coefficient (Wildman–Crippen LogP) is 0.426. The highest BCUT2D eigenvalue weighted by Gasteiger charge is 2.45. The Balaban J connectivity index is 2.12. The van der Waals surface area contributed by atoms with Gasteiger partial charge in [-0.05, 0) is 0 Å². The maximum Gasteiger partial charge on any atom is 0.330 e. The third-order valence-corrected chi connectivity index (χ3v) is 2.43. The van der Waals surface area contributed by atoms with Crippen molar-refractivity contribution in [1.29, 1.82) is 0 Å². The van der Waals surface area contributed by atoms with Crippen LogP contribution < -0.4 is 4.57 Å². The maximum absolute atomic E-state index is 11.7. The van der Waals surface area contributed by atoms with Gasteiger partial charge >= 0.3 is 11.9 Å². The minimum atomic E-state index is -1.16. The number of hydrogen-bond donors (Lipinski definition) is 0. The summed E-state index contributed by atoms with van der Waals surface area (Å²) in [7, 11) is 0. The van der Waals surface area contributed by atoms with Crippen LogP contribution in [0.3, 0.4) is 0 Å². The van der Waals surface area contributed by atoms with Gasteiger partial charge in [-0.2, -0.15) is 0 Å². The van der Waals surface area contributed by atoms with E-state index in [1.807, 2.05) is 18.2 Å². The molecule has 0 amide bonds. The predicted molar refractivity (Wildman–Crippen MR) is 56.4 cm³/mol. The van der Waals surface area contributed by atoms with Crippen LogP contribution in [0.15, 0.2) is 30.6 Å². The van der Waals surface area contributed by atoms with Crippen molar-refractivity contribution in [3.8, 4) is 0 Å². The molecule has 17 heavy (non-hydrogen) atoms. The zero-order chi connectivity index (χ0) is 12.5. The van der Waals surface area contributed by atoms with Crippen LogP contribution in [0.25, 0.3) is 0 Å². The third kappa shape index (κ3) is 2.61. The molecule has 1 aliphatic heterocycles. The zero-order valence-corrected chi connectivity index (χ0v) is 9.75. The topological polar surface area (TPSA) is 56.5 Å². The third-order valence-electron chi connectivity index (χ3n) is 2.43. The van der Waals surface area contributed by atoms with E-state index in [4.69, 9.17) is 9.47 Å². The molecule has 1 fully saturated rings. The summed E-state index contributed by atoms with van der Waals surface area (Å²) in [6.07, 6.45) is 3.56. The van der Waals surface area contributed by atoms with Crippen molar-refractivity contribution in [3.05, 3.63) is 30.6 Å². The molecule has 90 valence electrons. The van der Waals surface area contributed by atoms with Crippen LogP contribution in [0.5, 0.6) is 0 Å². The summed E-state index contributed by atoms with van der Waals surface area (Å²) in [4.78, 5) is 23.4. The van der Waals surface area contributed by atoms with Gasteiger partial charge in [-0.3, -0.25) is 9.59 Å². The molecule has 0 unspecified atom stereocenters. The van der Waals surface area contributed by atoms with Crippen molar-refractivity contribution >= 4 is 11.9 Å². The lowest BCUT2D eigenvalue weighted by atomic mass is 10.1. The summed E-state index contributed by atoms with van der Waals surface area (Å²) in [5.74, 6) is -3.13. The maximum atomic E-state index is 11.7. The Morgan fingerprint density at radius 2 is 1.65 bits per heavy atom. The fourth-order valence-corrected chi connectivity index (χ4v) is 1.66. The number of carbonyl (C=O) groups excluding carboxylic acids is 2. The van der Waals surface area contributed by atoms with Gasteiger partial charge in [-0.15, -0.1) is 0 Å². The average Bonchev–Trinajstić information content (AvgIpc) is 2.24. The van der Waals surface area contributed by atoms with Crippen molar-refractivity contribution in [2.75, 3.05) is 0 Å². The molecule has 1 aromatic heterocycles. The summed E-state index contributed by atoms with van der Waals surface area (Å²) >= 11 is 0. The smallest absolute Gasteiger partial charge is 0.330 e. The number of carbonyl (C=O) groups is 2. The van der Waals surface area contributed by atoms with Gasteiger partial charge in [-0.1, -0.05) is 6.07 Å². The Hall–Kier alpha value is -1.91. The first-order chi connectivity index (χ1) is 7.98. The van der Waals surface area contributed by atoms with Crippen LogP contribution in [-0.4, -0.2) is 17.7 Å². The van der Waals surface area contributed by atoms with Crippen LogP contribution >= 0.6 is 0 Å². The number of esters is 2. The fourth-order valence-electron chi connectivity index (χ4n) is 1.66. The van der Waals surface area contributed by atoms with E-state index in [-0.39, 0.29) is 6.54 Å². The lowest BCUT2D eigenvalue weighted by Gasteiger charge is -2.31. The summed E-state index contributed by atoms with van der Waals surface area (Å²) in [5, 5.41) is 0. The molecule has 5 nitrogen and oxygen atoms in total. The fraction of sp³-hybridized carbons (Fsp3) is 0.417.